The molecule has 11 heteroatoms. The zero-order valence-electron chi connectivity index (χ0n) is 17.4. The van der Waals surface area contributed by atoms with Gasteiger partial charge in [0.05, 0.1) is 7.11 Å². The molecule has 1 aromatic heterocycles. The van der Waals surface area contributed by atoms with Crippen LogP contribution in [0.15, 0.2) is 30.5 Å². The van der Waals surface area contributed by atoms with Gasteiger partial charge in [-0.15, -0.1) is 0 Å². The number of nitrogens with zero attached hydrogens (tertiary/aromatic N) is 1. The maximum Gasteiger partial charge on any atom is 0.267 e. The van der Waals surface area contributed by atoms with Crippen molar-refractivity contribution in [1.82, 2.24) is 4.98 Å². The Bertz CT molecular complexity index is 1050. The van der Waals surface area contributed by atoms with Gasteiger partial charge in [0.2, 0.25) is 5.82 Å². The van der Waals surface area contributed by atoms with Crippen LogP contribution in [0.3, 0.4) is 0 Å². The molecule has 1 aliphatic rings. The van der Waals surface area contributed by atoms with Crippen molar-refractivity contribution in [2.75, 3.05) is 12.4 Å². The van der Waals surface area contributed by atoms with Gasteiger partial charge in [-0.1, -0.05) is 13.0 Å². The molecule has 1 fully saturated rings. The van der Waals surface area contributed by atoms with Crippen LogP contribution in [0.5, 0.6) is 5.75 Å². The summed E-state index contributed by atoms with van der Waals surface area (Å²) in [6.07, 6.45) is -3.25. The van der Waals surface area contributed by atoms with Gasteiger partial charge in [0.25, 0.3) is 18.2 Å². The van der Waals surface area contributed by atoms with Crippen LogP contribution in [0.25, 0.3) is 0 Å². The first-order valence-electron chi connectivity index (χ1n) is 9.55. The van der Waals surface area contributed by atoms with E-state index < -0.39 is 59.2 Å². The number of carbonyl (C=O) groups is 2. The van der Waals surface area contributed by atoms with E-state index >= 15 is 0 Å². The Kier molecular flexibility index (Phi) is 6.40. The molecule has 3 rings (SSSR count). The number of rotatable bonds is 6. The summed E-state index contributed by atoms with van der Waals surface area (Å²) in [4.78, 5) is 28.1. The molecule has 3 N–H and O–H groups in total. The SMILES string of the molecule is COc1c([C@@H]2[C@@H](C)[C@](C)(C(F)F)O[C@H]2C(=O)Nc2ccnc(C(N)=O)c2)ccc(F)c1F. The lowest BCUT2D eigenvalue weighted by Crippen LogP contribution is -2.40. The van der Waals surface area contributed by atoms with Crippen LogP contribution in [0, 0.1) is 17.6 Å². The molecular formula is C21H21F4N3O4. The van der Waals surface area contributed by atoms with Crippen molar-refractivity contribution in [1.29, 1.82) is 0 Å². The average molecular weight is 455 g/mol. The summed E-state index contributed by atoms with van der Waals surface area (Å²) in [7, 11) is 1.10. The second kappa shape index (κ2) is 8.73. The first-order valence-corrected chi connectivity index (χ1v) is 9.55. The van der Waals surface area contributed by atoms with Crippen molar-refractivity contribution < 1.29 is 36.6 Å². The maximum absolute atomic E-state index is 14.3. The van der Waals surface area contributed by atoms with Gasteiger partial charge >= 0.3 is 0 Å². The molecule has 0 bridgehead atoms. The predicted molar refractivity (Wildman–Crippen MR) is 105 cm³/mol. The number of ether oxygens (including phenoxy) is 2. The van der Waals surface area contributed by atoms with Crippen LogP contribution in [0.1, 0.15) is 35.8 Å². The fraction of sp³-hybridized carbons (Fsp3) is 0.381. The molecule has 0 aliphatic carbocycles. The number of hydrogen-bond acceptors (Lipinski definition) is 5. The molecule has 0 radical (unpaired) electrons. The lowest BCUT2D eigenvalue weighted by atomic mass is 9.77. The van der Waals surface area contributed by atoms with E-state index in [-0.39, 0.29) is 16.9 Å². The Morgan fingerprint density at radius 2 is 1.97 bits per heavy atom. The molecular weight excluding hydrogens is 434 g/mol. The first-order chi connectivity index (χ1) is 15.0. The van der Waals surface area contributed by atoms with Crippen molar-refractivity contribution in [3.63, 3.8) is 0 Å². The number of nitrogens with one attached hydrogen (secondary N) is 1. The largest absolute Gasteiger partial charge is 0.493 e. The number of anilines is 1. The molecule has 4 atom stereocenters. The molecule has 2 heterocycles. The molecule has 172 valence electrons. The minimum atomic E-state index is -2.98. The van der Waals surface area contributed by atoms with Crippen LogP contribution in [-0.4, -0.2) is 42.0 Å². The number of alkyl halides is 2. The Hall–Kier alpha value is -3.21. The standard InChI is InChI=1S/C21H21F4N3O4/c1-9-14(11-4-5-12(22)15(23)16(11)31-3)17(32-21(9,2)20(24)25)19(30)28-10-6-7-27-13(8-10)18(26)29/h4-9,14,17,20H,1-3H3,(H2,26,29)(H,27,28,30)/t9-,14+,17-,21-/m1/s1. The van der Waals surface area contributed by atoms with E-state index in [1.165, 1.54) is 31.3 Å². The van der Waals surface area contributed by atoms with Gasteiger partial charge in [-0.2, -0.15) is 4.39 Å². The lowest BCUT2D eigenvalue weighted by molar-refractivity contribution is -0.151. The Labute approximate surface area is 180 Å². The van der Waals surface area contributed by atoms with Crippen molar-refractivity contribution >= 4 is 17.5 Å². The van der Waals surface area contributed by atoms with E-state index in [1.54, 1.807) is 0 Å². The quantitative estimate of drug-likeness (QED) is 0.651. The second-order valence-electron chi connectivity index (χ2n) is 7.60. The van der Waals surface area contributed by atoms with Gasteiger partial charge in [-0.25, -0.2) is 13.2 Å². The van der Waals surface area contributed by atoms with Gasteiger partial charge < -0.3 is 20.5 Å². The van der Waals surface area contributed by atoms with E-state index in [4.69, 9.17) is 15.2 Å². The van der Waals surface area contributed by atoms with E-state index in [9.17, 15) is 27.2 Å². The summed E-state index contributed by atoms with van der Waals surface area (Å²) in [6.45, 7) is 2.58. The van der Waals surface area contributed by atoms with Gasteiger partial charge in [-0.3, -0.25) is 14.6 Å². The number of hydrogen-bond donors (Lipinski definition) is 2. The summed E-state index contributed by atoms with van der Waals surface area (Å²) in [5, 5.41) is 2.47. The summed E-state index contributed by atoms with van der Waals surface area (Å²) in [5.41, 5.74) is 3.13. The Morgan fingerprint density at radius 1 is 1.28 bits per heavy atom. The van der Waals surface area contributed by atoms with E-state index in [2.05, 4.69) is 10.3 Å². The van der Waals surface area contributed by atoms with Gasteiger partial charge in [0.1, 0.15) is 17.4 Å². The third-order valence-electron chi connectivity index (χ3n) is 5.77. The Morgan fingerprint density at radius 3 is 2.56 bits per heavy atom. The fourth-order valence-corrected chi connectivity index (χ4v) is 3.85. The van der Waals surface area contributed by atoms with Crippen molar-refractivity contribution in [3.05, 3.63) is 53.4 Å². The number of pyridine rings is 1. The summed E-state index contributed by atoms with van der Waals surface area (Å²) in [5.74, 6) is -6.75. The van der Waals surface area contributed by atoms with Crippen molar-refractivity contribution in [2.24, 2.45) is 11.7 Å². The molecule has 0 saturated carbocycles. The molecule has 2 amide bonds. The molecule has 1 aliphatic heterocycles. The van der Waals surface area contributed by atoms with Crippen LogP contribution >= 0.6 is 0 Å². The van der Waals surface area contributed by atoms with E-state index in [0.29, 0.717) is 0 Å². The van der Waals surface area contributed by atoms with Crippen LogP contribution in [-0.2, 0) is 9.53 Å². The zero-order chi connectivity index (χ0) is 23.8. The summed E-state index contributed by atoms with van der Waals surface area (Å²) < 4.78 is 66.4. The monoisotopic (exact) mass is 455 g/mol. The first kappa shape index (κ1) is 23.5. The summed E-state index contributed by atoms with van der Waals surface area (Å²) in [6, 6.07) is 4.58. The highest BCUT2D eigenvalue weighted by Gasteiger charge is 2.58. The lowest BCUT2D eigenvalue weighted by Gasteiger charge is -2.28. The van der Waals surface area contributed by atoms with Gasteiger partial charge in [-0.05, 0) is 25.1 Å². The predicted octanol–water partition coefficient (Wildman–Crippen LogP) is 3.25. The molecule has 1 aromatic carbocycles. The van der Waals surface area contributed by atoms with E-state index in [0.717, 1.165) is 20.1 Å². The summed E-state index contributed by atoms with van der Waals surface area (Å²) >= 11 is 0. The van der Waals surface area contributed by atoms with Crippen LogP contribution in [0.4, 0.5) is 23.2 Å². The number of methoxy groups -OCH3 is 1. The second-order valence-corrected chi connectivity index (χ2v) is 7.60. The number of carbonyl (C=O) groups excluding carboxylic acids is 2. The number of halogens is 4. The van der Waals surface area contributed by atoms with Crippen molar-refractivity contribution in [3.8, 4) is 5.75 Å². The van der Waals surface area contributed by atoms with Crippen LogP contribution in [0.2, 0.25) is 0 Å². The molecule has 0 unspecified atom stereocenters. The normalized spacial score (nSPS) is 25.1. The molecule has 7 nitrogen and oxygen atoms in total. The highest BCUT2D eigenvalue weighted by molar-refractivity contribution is 5.97. The number of nitrogens with two attached hydrogens (primary N) is 1. The minimum absolute atomic E-state index is 0.0102. The zero-order valence-corrected chi connectivity index (χ0v) is 17.4. The smallest absolute Gasteiger partial charge is 0.267 e. The van der Waals surface area contributed by atoms with Crippen LogP contribution < -0.4 is 15.8 Å². The maximum atomic E-state index is 14.3. The van der Waals surface area contributed by atoms with Gasteiger partial charge in [0.15, 0.2) is 11.6 Å². The fourth-order valence-electron chi connectivity index (χ4n) is 3.85. The Balaban J connectivity index is 2.04. The highest BCUT2D eigenvalue weighted by atomic mass is 19.3. The molecule has 1 saturated heterocycles. The highest BCUT2D eigenvalue weighted by Crippen LogP contribution is 2.51. The minimum Gasteiger partial charge on any atom is -0.493 e. The number of aromatic nitrogens is 1. The average Bonchev–Trinajstić information content (AvgIpc) is 3.02. The number of primary amides is 1. The van der Waals surface area contributed by atoms with Crippen molar-refractivity contribution in [2.45, 2.75) is 37.9 Å². The van der Waals surface area contributed by atoms with Gasteiger partial charge in [0, 0.05) is 29.3 Å². The topological polar surface area (TPSA) is 104 Å². The third kappa shape index (κ3) is 3.99. The molecule has 2 aromatic rings. The number of benzene rings is 1. The molecule has 0 spiro atoms. The molecule has 32 heavy (non-hydrogen) atoms. The van der Waals surface area contributed by atoms with E-state index in [1.807, 2.05) is 0 Å². The number of amides is 2. The third-order valence-corrected chi connectivity index (χ3v) is 5.77.